The molecule has 0 spiro atoms. The van der Waals surface area contributed by atoms with E-state index in [1.807, 2.05) is 45.0 Å². The summed E-state index contributed by atoms with van der Waals surface area (Å²) >= 11 is 3.43. The number of amides is 2. The Morgan fingerprint density at radius 1 is 1.08 bits per heavy atom. The second kappa shape index (κ2) is 9.26. The summed E-state index contributed by atoms with van der Waals surface area (Å²) in [5.41, 5.74) is -0.502. The van der Waals surface area contributed by atoms with Crippen molar-refractivity contribution >= 4 is 27.9 Å². The number of para-hydroxylation sites is 1. The molecule has 0 aliphatic carbocycles. The highest BCUT2D eigenvalue weighted by molar-refractivity contribution is 9.10. The Kier molecular flexibility index (Phi) is 7.32. The standard InChI is InChI=1S/C19H27BrN2O4/c1-19(2,3)26-18(24)22-12-10-21(11-13-22)17(23)9-6-14-25-16-8-5-4-7-15(16)20/h4-5,7-8H,6,9-14H2,1-3H3. The maximum absolute atomic E-state index is 12.3. The van der Waals surface area contributed by atoms with Crippen LogP contribution in [-0.4, -0.2) is 60.2 Å². The third-order valence-corrected chi connectivity index (χ3v) is 4.57. The van der Waals surface area contributed by atoms with Crippen LogP contribution in [0.2, 0.25) is 0 Å². The smallest absolute Gasteiger partial charge is 0.410 e. The van der Waals surface area contributed by atoms with Gasteiger partial charge in [-0.15, -0.1) is 0 Å². The van der Waals surface area contributed by atoms with Crippen LogP contribution in [0.15, 0.2) is 28.7 Å². The Bertz CT molecular complexity index is 622. The van der Waals surface area contributed by atoms with Gasteiger partial charge < -0.3 is 19.3 Å². The molecule has 1 aliphatic rings. The Morgan fingerprint density at radius 3 is 2.31 bits per heavy atom. The van der Waals surface area contributed by atoms with Crippen molar-refractivity contribution in [3.05, 3.63) is 28.7 Å². The molecular weight excluding hydrogens is 400 g/mol. The summed E-state index contributed by atoms with van der Waals surface area (Å²) in [6.07, 6.45) is 0.787. The van der Waals surface area contributed by atoms with Gasteiger partial charge in [-0.05, 0) is 55.3 Å². The molecular formula is C19H27BrN2O4. The summed E-state index contributed by atoms with van der Waals surface area (Å²) in [4.78, 5) is 27.8. The summed E-state index contributed by atoms with van der Waals surface area (Å²) in [5.74, 6) is 0.885. The molecule has 1 saturated heterocycles. The van der Waals surface area contributed by atoms with Gasteiger partial charge in [0.15, 0.2) is 0 Å². The lowest BCUT2D eigenvalue weighted by atomic mass is 10.2. The molecule has 2 rings (SSSR count). The first-order chi connectivity index (χ1) is 12.3. The second-order valence-electron chi connectivity index (χ2n) is 7.23. The lowest BCUT2D eigenvalue weighted by Crippen LogP contribution is -2.51. The number of hydrogen-bond donors (Lipinski definition) is 0. The minimum atomic E-state index is -0.502. The zero-order valence-electron chi connectivity index (χ0n) is 15.7. The number of hydrogen-bond acceptors (Lipinski definition) is 4. The summed E-state index contributed by atoms with van der Waals surface area (Å²) in [7, 11) is 0. The number of piperazine rings is 1. The Hall–Kier alpha value is -1.76. The fourth-order valence-electron chi connectivity index (χ4n) is 2.59. The molecule has 2 amide bonds. The van der Waals surface area contributed by atoms with Crippen LogP contribution in [0.1, 0.15) is 33.6 Å². The number of halogens is 1. The summed E-state index contributed by atoms with van der Waals surface area (Å²) < 4.78 is 12.0. The van der Waals surface area contributed by atoms with Crippen molar-refractivity contribution in [2.24, 2.45) is 0 Å². The molecule has 7 heteroatoms. The van der Waals surface area contributed by atoms with Crippen LogP contribution in [-0.2, 0) is 9.53 Å². The molecule has 1 aliphatic heterocycles. The summed E-state index contributed by atoms with van der Waals surface area (Å²) in [6, 6.07) is 7.65. The quantitative estimate of drug-likeness (QED) is 0.673. The van der Waals surface area contributed by atoms with Gasteiger partial charge in [-0.3, -0.25) is 4.79 Å². The average molecular weight is 427 g/mol. The number of carbonyl (C=O) groups excluding carboxylic acids is 2. The third-order valence-electron chi connectivity index (χ3n) is 3.91. The van der Waals surface area contributed by atoms with Crippen molar-refractivity contribution in [3.8, 4) is 5.75 Å². The van der Waals surface area contributed by atoms with Gasteiger partial charge >= 0.3 is 6.09 Å². The molecule has 1 heterocycles. The number of rotatable bonds is 5. The first kappa shape index (κ1) is 20.6. The maximum Gasteiger partial charge on any atom is 0.410 e. The minimum Gasteiger partial charge on any atom is -0.492 e. The highest BCUT2D eigenvalue weighted by Gasteiger charge is 2.27. The van der Waals surface area contributed by atoms with Gasteiger partial charge in [0.05, 0.1) is 11.1 Å². The average Bonchev–Trinajstić information content (AvgIpc) is 2.58. The molecule has 0 aromatic heterocycles. The van der Waals surface area contributed by atoms with Crippen molar-refractivity contribution < 1.29 is 19.1 Å². The third kappa shape index (κ3) is 6.52. The molecule has 1 aromatic carbocycles. The van der Waals surface area contributed by atoms with Crippen LogP contribution in [0.25, 0.3) is 0 Å². The van der Waals surface area contributed by atoms with E-state index in [0.29, 0.717) is 45.6 Å². The van der Waals surface area contributed by atoms with Gasteiger partial charge in [-0.25, -0.2) is 4.79 Å². The summed E-state index contributed by atoms with van der Waals surface area (Å²) in [6.45, 7) is 8.14. The molecule has 0 saturated carbocycles. The first-order valence-electron chi connectivity index (χ1n) is 8.89. The van der Waals surface area contributed by atoms with E-state index in [9.17, 15) is 9.59 Å². The van der Waals surface area contributed by atoms with E-state index in [1.54, 1.807) is 9.80 Å². The first-order valence-corrected chi connectivity index (χ1v) is 9.68. The fourth-order valence-corrected chi connectivity index (χ4v) is 2.99. The normalized spacial score (nSPS) is 14.9. The van der Waals surface area contributed by atoms with Gasteiger partial charge in [0.2, 0.25) is 5.91 Å². The molecule has 1 fully saturated rings. The van der Waals surface area contributed by atoms with E-state index in [0.717, 1.165) is 10.2 Å². The van der Waals surface area contributed by atoms with Crippen molar-refractivity contribution in [2.75, 3.05) is 32.8 Å². The Labute approximate surface area is 163 Å². The van der Waals surface area contributed by atoms with Crippen molar-refractivity contribution in [1.29, 1.82) is 0 Å². The zero-order chi connectivity index (χ0) is 19.2. The largest absolute Gasteiger partial charge is 0.492 e. The SMILES string of the molecule is CC(C)(C)OC(=O)N1CCN(C(=O)CCCOc2ccccc2Br)CC1. The van der Waals surface area contributed by atoms with E-state index in [2.05, 4.69) is 15.9 Å². The lowest BCUT2D eigenvalue weighted by molar-refractivity contribution is -0.133. The molecule has 0 atom stereocenters. The van der Waals surface area contributed by atoms with Crippen LogP contribution < -0.4 is 4.74 Å². The van der Waals surface area contributed by atoms with E-state index >= 15 is 0 Å². The highest BCUT2D eigenvalue weighted by Crippen LogP contribution is 2.23. The van der Waals surface area contributed by atoms with E-state index in [-0.39, 0.29) is 12.0 Å². The van der Waals surface area contributed by atoms with Gasteiger partial charge in [-0.1, -0.05) is 12.1 Å². The molecule has 6 nitrogen and oxygen atoms in total. The van der Waals surface area contributed by atoms with Crippen LogP contribution in [0.3, 0.4) is 0 Å². The van der Waals surface area contributed by atoms with Crippen molar-refractivity contribution in [3.63, 3.8) is 0 Å². The number of nitrogens with zero attached hydrogens (tertiary/aromatic N) is 2. The fraction of sp³-hybridized carbons (Fsp3) is 0.579. The monoisotopic (exact) mass is 426 g/mol. The molecule has 0 unspecified atom stereocenters. The maximum atomic E-state index is 12.3. The molecule has 1 aromatic rings. The molecule has 0 radical (unpaired) electrons. The highest BCUT2D eigenvalue weighted by atomic mass is 79.9. The van der Waals surface area contributed by atoms with Gasteiger partial charge in [0.25, 0.3) is 0 Å². The molecule has 0 bridgehead atoms. The van der Waals surface area contributed by atoms with E-state index < -0.39 is 5.60 Å². The van der Waals surface area contributed by atoms with E-state index in [1.165, 1.54) is 0 Å². The topological polar surface area (TPSA) is 59.1 Å². The van der Waals surface area contributed by atoms with Crippen molar-refractivity contribution in [2.45, 2.75) is 39.2 Å². The lowest BCUT2D eigenvalue weighted by Gasteiger charge is -2.35. The molecule has 26 heavy (non-hydrogen) atoms. The van der Waals surface area contributed by atoms with E-state index in [4.69, 9.17) is 9.47 Å². The molecule has 0 N–H and O–H groups in total. The predicted molar refractivity (Wildman–Crippen MR) is 103 cm³/mol. The predicted octanol–water partition coefficient (Wildman–Crippen LogP) is 3.69. The Balaban J connectivity index is 1.67. The molecule has 144 valence electrons. The Morgan fingerprint density at radius 2 is 1.69 bits per heavy atom. The van der Waals surface area contributed by atoms with Crippen LogP contribution in [0, 0.1) is 0 Å². The van der Waals surface area contributed by atoms with Gasteiger partial charge in [0.1, 0.15) is 11.4 Å². The van der Waals surface area contributed by atoms with Crippen molar-refractivity contribution in [1.82, 2.24) is 9.80 Å². The zero-order valence-corrected chi connectivity index (χ0v) is 17.3. The number of ether oxygens (including phenoxy) is 2. The second-order valence-corrected chi connectivity index (χ2v) is 8.08. The summed E-state index contributed by atoms with van der Waals surface area (Å²) in [5, 5.41) is 0. The van der Waals surface area contributed by atoms with Gasteiger partial charge in [0, 0.05) is 32.6 Å². The van der Waals surface area contributed by atoms with Gasteiger partial charge in [-0.2, -0.15) is 0 Å². The number of benzene rings is 1. The van der Waals surface area contributed by atoms with Crippen LogP contribution in [0.4, 0.5) is 4.79 Å². The van der Waals surface area contributed by atoms with Crippen LogP contribution in [0.5, 0.6) is 5.75 Å². The minimum absolute atomic E-state index is 0.101. The van der Waals surface area contributed by atoms with Crippen LogP contribution >= 0.6 is 15.9 Å². The number of carbonyl (C=O) groups is 2.